The molecule has 0 saturated heterocycles. The van der Waals surface area contributed by atoms with E-state index in [4.69, 9.17) is 4.74 Å². The summed E-state index contributed by atoms with van der Waals surface area (Å²) in [4.78, 5) is 20.5. The number of carboxylic acids is 1. The molecule has 7 heteroatoms. The molecule has 0 aliphatic rings. The number of thioether (sulfide) groups is 1. The van der Waals surface area contributed by atoms with Crippen LogP contribution in [0.3, 0.4) is 0 Å². The number of benzene rings is 1. The van der Waals surface area contributed by atoms with Crippen LogP contribution in [0.4, 0.5) is 0 Å². The Morgan fingerprint density at radius 1 is 1.44 bits per heavy atom. The van der Waals surface area contributed by atoms with Crippen molar-refractivity contribution in [2.45, 2.75) is 5.25 Å². The van der Waals surface area contributed by atoms with Gasteiger partial charge in [0.25, 0.3) is 0 Å². The maximum Gasteiger partial charge on any atom is 0.219 e. The molecule has 0 amide bonds. The zero-order valence-corrected chi connectivity index (χ0v) is 10.5. The normalized spacial score (nSPS) is 11.8. The second kappa shape index (κ2) is 6.85. The first-order chi connectivity index (χ1) is 8.52. The van der Waals surface area contributed by atoms with Gasteiger partial charge in [0.15, 0.2) is 0 Å². The molecule has 0 N–H and O–H groups in total. The number of carboxylic acid groups (broad SMARTS) is 1. The van der Waals surface area contributed by atoms with Gasteiger partial charge in [0.2, 0.25) is 6.54 Å². The summed E-state index contributed by atoms with van der Waals surface area (Å²) in [5.41, 5.74) is 0.693. The lowest BCUT2D eigenvalue weighted by Gasteiger charge is -2.13. The molecule has 18 heavy (non-hydrogen) atoms. The van der Waals surface area contributed by atoms with Gasteiger partial charge in [-0.05, 0) is 17.7 Å². The SMILES string of the molecule is COc1ccc(C(C[N+](=O)[O-])SCC(=O)[O-])cc1. The van der Waals surface area contributed by atoms with E-state index in [9.17, 15) is 20.0 Å². The average molecular weight is 270 g/mol. The number of rotatable bonds is 7. The predicted octanol–water partition coefficient (Wildman–Crippen LogP) is 0.496. The quantitative estimate of drug-likeness (QED) is 0.529. The van der Waals surface area contributed by atoms with E-state index in [0.29, 0.717) is 11.3 Å². The molecule has 0 radical (unpaired) electrons. The standard InChI is InChI=1S/C11H13NO5S/c1-17-9-4-2-8(3-5-9)10(6-12(15)16)18-7-11(13)14/h2-5,10H,6-7H2,1H3,(H,13,14)/p-1. The minimum Gasteiger partial charge on any atom is -0.549 e. The second-order valence-electron chi connectivity index (χ2n) is 3.46. The van der Waals surface area contributed by atoms with Gasteiger partial charge in [0.05, 0.1) is 18.3 Å². The maximum atomic E-state index is 10.6. The molecule has 0 bridgehead atoms. The van der Waals surface area contributed by atoms with Gasteiger partial charge < -0.3 is 14.6 Å². The van der Waals surface area contributed by atoms with Crippen molar-refractivity contribution in [3.63, 3.8) is 0 Å². The molecular formula is C11H12NO5S-. The summed E-state index contributed by atoms with van der Waals surface area (Å²) < 4.78 is 4.98. The van der Waals surface area contributed by atoms with Crippen LogP contribution in [0.2, 0.25) is 0 Å². The van der Waals surface area contributed by atoms with E-state index in [1.165, 1.54) is 7.11 Å². The highest BCUT2D eigenvalue weighted by Gasteiger charge is 2.18. The number of nitro groups is 1. The molecule has 1 rings (SSSR count). The Labute approximate surface area is 108 Å². The number of carbonyl (C=O) groups excluding carboxylic acids is 1. The lowest BCUT2D eigenvalue weighted by atomic mass is 10.1. The van der Waals surface area contributed by atoms with Crippen molar-refractivity contribution in [3.8, 4) is 5.75 Å². The van der Waals surface area contributed by atoms with E-state index in [-0.39, 0.29) is 12.3 Å². The van der Waals surface area contributed by atoms with Crippen LogP contribution in [-0.4, -0.2) is 30.3 Å². The van der Waals surface area contributed by atoms with Crippen molar-refractivity contribution < 1.29 is 19.6 Å². The van der Waals surface area contributed by atoms with Gasteiger partial charge in [0, 0.05) is 10.7 Å². The third kappa shape index (κ3) is 4.62. The molecule has 98 valence electrons. The fourth-order valence-corrected chi connectivity index (χ4v) is 2.29. The van der Waals surface area contributed by atoms with Crippen molar-refractivity contribution in [2.75, 3.05) is 19.4 Å². The van der Waals surface area contributed by atoms with Crippen molar-refractivity contribution in [1.29, 1.82) is 0 Å². The molecule has 0 saturated carbocycles. The van der Waals surface area contributed by atoms with Crippen LogP contribution in [0.5, 0.6) is 5.75 Å². The van der Waals surface area contributed by atoms with Crippen LogP contribution in [0.15, 0.2) is 24.3 Å². The summed E-state index contributed by atoms with van der Waals surface area (Å²) in [7, 11) is 1.52. The first kappa shape index (κ1) is 14.3. The Morgan fingerprint density at radius 3 is 2.50 bits per heavy atom. The van der Waals surface area contributed by atoms with Gasteiger partial charge in [-0.2, -0.15) is 0 Å². The summed E-state index contributed by atoms with van der Waals surface area (Å²) in [6, 6.07) is 6.74. The lowest BCUT2D eigenvalue weighted by molar-refractivity contribution is -0.479. The van der Waals surface area contributed by atoms with Crippen molar-refractivity contribution in [1.82, 2.24) is 0 Å². The van der Waals surface area contributed by atoms with E-state index in [1.54, 1.807) is 24.3 Å². The molecule has 0 fully saturated rings. The topological polar surface area (TPSA) is 92.5 Å². The van der Waals surface area contributed by atoms with E-state index in [2.05, 4.69) is 0 Å². The molecule has 6 nitrogen and oxygen atoms in total. The fraction of sp³-hybridized carbons (Fsp3) is 0.364. The third-order valence-electron chi connectivity index (χ3n) is 2.20. The Bertz CT molecular complexity index is 420. The Balaban J connectivity index is 2.79. The predicted molar refractivity (Wildman–Crippen MR) is 65.1 cm³/mol. The average Bonchev–Trinajstić information content (AvgIpc) is 2.34. The number of hydrogen-bond acceptors (Lipinski definition) is 6. The van der Waals surface area contributed by atoms with E-state index >= 15 is 0 Å². The van der Waals surface area contributed by atoms with Crippen LogP contribution in [0.25, 0.3) is 0 Å². The van der Waals surface area contributed by atoms with E-state index in [1.807, 2.05) is 0 Å². The monoisotopic (exact) mass is 270 g/mol. The van der Waals surface area contributed by atoms with Gasteiger partial charge in [-0.3, -0.25) is 10.1 Å². The molecule has 0 aliphatic heterocycles. The lowest BCUT2D eigenvalue weighted by Crippen LogP contribution is -2.25. The van der Waals surface area contributed by atoms with Gasteiger partial charge in [-0.1, -0.05) is 12.1 Å². The third-order valence-corrected chi connectivity index (χ3v) is 3.43. The highest BCUT2D eigenvalue weighted by Crippen LogP contribution is 2.29. The number of carbonyl (C=O) groups is 1. The van der Waals surface area contributed by atoms with E-state index in [0.717, 1.165) is 11.8 Å². The second-order valence-corrected chi connectivity index (χ2v) is 4.65. The summed E-state index contributed by atoms with van der Waals surface area (Å²) in [6.45, 7) is -0.329. The highest BCUT2D eigenvalue weighted by atomic mass is 32.2. The number of ether oxygens (including phenoxy) is 1. The Hall–Kier alpha value is -1.76. The van der Waals surface area contributed by atoms with Gasteiger partial charge in [0.1, 0.15) is 5.75 Å². The minimum absolute atomic E-state index is 0.273. The molecule has 0 spiro atoms. The smallest absolute Gasteiger partial charge is 0.219 e. The Morgan fingerprint density at radius 2 is 2.06 bits per heavy atom. The highest BCUT2D eigenvalue weighted by molar-refractivity contribution is 8.00. The molecule has 1 atom stereocenters. The fourth-order valence-electron chi connectivity index (χ4n) is 1.38. The van der Waals surface area contributed by atoms with Crippen molar-refractivity contribution in [2.24, 2.45) is 0 Å². The number of hydrogen-bond donors (Lipinski definition) is 0. The molecule has 0 aliphatic carbocycles. The minimum atomic E-state index is -1.23. The van der Waals surface area contributed by atoms with Gasteiger partial charge >= 0.3 is 0 Å². The molecule has 1 unspecified atom stereocenters. The molecule has 1 aromatic carbocycles. The molecule has 1 aromatic rings. The summed E-state index contributed by atoms with van der Waals surface area (Å²) >= 11 is 0.980. The summed E-state index contributed by atoms with van der Waals surface area (Å²) in [6.07, 6.45) is 0. The van der Waals surface area contributed by atoms with Crippen LogP contribution in [0.1, 0.15) is 10.8 Å². The van der Waals surface area contributed by atoms with Crippen LogP contribution < -0.4 is 9.84 Å². The van der Waals surface area contributed by atoms with Gasteiger partial charge in [-0.25, -0.2) is 0 Å². The molecule has 0 heterocycles. The van der Waals surface area contributed by atoms with Crippen LogP contribution in [-0.2, 0) is 4.79 Å². The zero-order valence-electron chi connectivity index (χ0n) is 9.70. The number of methoxy groups -OCH3 is 1. The molecular weight excluding hydrogens is 258 g/mol. The van der Waals surface area contributed by atoms with Gasteiger partial charge in [-0.15, -0.1) is 11.8 Å². The summed E-state index contributed by atoms with van der Waals surface area (Å²) in [5.74, 6) is -0.866. The first-order valence-electron chi connectivity index (χ1n) is 5.10. The largest absolute Gasteiger partial charge is 0.549 e. The van der Waals surface area contributed by atoms with Crippen molar-refractivity contribution in [3.05, 3.63) is 39.9 Å². The van der Waals surface area contributed by atoms with Crippen molar-refractivity contribution >= 4 is 17.7 Å². The molecule has 0 aromatic heterocycles. The van der Waals surface area contributed by atoms with Crippen LogP contribution >= 0.6 is 11.8 Å². The maximum absolute atomic E-state index is 10.6. The van der Waals surface area contributed by atoms with E-state index < -0.39 is 16.1 Å². The van der Waals surface area contributed by atoms with Crippen LogP contribution in [0, 0.1) is 10.1 Å². The first-order valence-corrected chi connectivity index (χ1v) is 6.15. The summed E-state index contributed by atoms with van der Waals surface area (Å²) in [5, 5.41) is 20.4. The zero-order chi connectivity index (χ0) is 13.5. The Kier molecular flexibility index (Phi) is 5.44. The number of nitrogens with zero attached hydrogens (tertiary/aromatic N) is 1. The number of aliphatic carboxylic acids is 1.